The summed E-state index contributed by atoms with van der Waals surface area (Å²) >= 11 is 0. The number of nitrogens with one attached hydrogen (secondary N) is 1. The number of terminal acetylenes is 1. The van der Waals surface area contributed by atoms with E-state index in [0.717, 1.165) is 18.8 Å². The van der Waals surface area contributed by atoms with Crippen LogP contribution < -0.4 is 11.1 Å². The molecule has 0 aromatic heterocycles. The highest BCUT2D eigenvalue weighted by Crippen LogP contribution is 2.27. The van der Waals surface area contributed by atoms with Crippen molar-refractivity contribution in [1.29, 1.82) is 0 Å². The molecule has 1 rings (SSSR count). The Kier molecular flexibility index (Phi) is 6.07. The van der Waals surface area contributed by atoms with Crippen LogP contribution >= 0.6 is 0 Å². The molecule has 0 aromatic rings. The highest BCUT2D eigenvalue weighted by atomic mass is 16.2. The number of hydrogen-bond acceptors (Lipinski definition) is 2. The molecular formula is C14H24N2O. The van der Waals surface area contributed by atoms with Gasteiger partial charge in [-0.25, -0.2) is 0 Å². The zero-order chi connectivity index (χ0) is 12.7. The van der Waals surface area contributed by atoms with Gasteiger partial charge >= 0.3 is 0 Å². The van der Waals surface area contributed by atoms with Gasteiger partial charge in [0.2, 0.25) is 5.91 Å². The maximum atomic E-state index is 11.7. The molecule has 1 aliphatic carbocycles. The highest BCUT2D eigenvalue weighted by molar-refractivity contribution is 5.82. The summed E-state index contributed by atoms with van der Waals surface area (Å²) in [7, 11) is 0. The molecule has 1 saturated carbocycles. The Morgan fingerprint density at radius 3 is 2.65 bits per heavy atom. The van der Waals surface area contributed by atoms with Gasteiger partial charge < -0.3 is 11.1 Å². The standard InChI is InChI=1S/C14H24N2O/c1-3-5-11-7-9-12(10-8-11)16-14(17)13(15)6-4-2/h2,11-13H,3,5-10,15H2,1H3,(H,16,17). The van der Waals surface area contributed by atoms with Crippen molar-refractivity contribution in [3.05, 3.63) is 0 Å². The number of hydrogen-bond donors (Lipinski definition) is 2. The normalized spacial score (nSPS) is 25.9. The molecule has 1 unspecified atom stereocenters. The molecule has 0 aliphatic heterocycles. The van der Waals surface area contributed by atoms with Crippen molar-refractivity contribution in [1.82, 2.24) is 5.32 Å². The van der Waals surface area contributed by atoms with Gasteiger partial charge in [-0.2, -0.15) is 0 Å². The van der Waals surface area contributed by atoms with E-state index in [4.69, 9.17) is 12.2 Å². The van der Waals surface area contributed by atoms with Crippen LogP contribution in [-0.2, 0) is 4.79 Å². The molecule has 0 radical (unpaired) electrons. The van der Waals surface area contributed by atoms with Gasteiger partial charge in [-0.3, -0.25) is 4.79 Å². The van der Waals surface area contributed by atoms with E-state index >= 15 is 0 Å². The number of rotatable bonds is 5. The average molecular weight is 236 g/mol. The van der Waals surface area contributed by atoms with E-state index < -0.39 is 6.04 Å². The monoisotopic (exact) mass is 236 g/mol. The maximum absolute atomic E-state index is 11.7. The van der Waals surface area contributed by atoms with Crippen LogP contribution in [0, 0.1) is 18.3 Å². The third-order valence-electron chi connectivity index (χ3n) is 3.56. The molecule has 0 spiro atoms. The summed E-state index contributed by atoms with van der Waals surface area (Å²) in [4.78, 5) is 11.7. The number of carbonyl (C=O) groups excluding carboxylic acids is 1. The quantitative estimate of drug-likeness (QED) is 0.715. The second kappa shape index (κ2) is 7.34. The fraction of sp³-hybridized carbons (Fsp3) is 0.786. The maximum Gasteiger partial charge on any atom is 0.238 e. The number of nitrogens with two attached hydrogens (primary N) is 1. The molecule has 0 heterocycles. The summed E-state index contributed by atoms with van der Waals surface area (Å²) in [6, 6.07) is -0.243. The predicted molar refractivity (Wildman–Crippen MR) is 70.2 cm³/mol. The van der Waals surface area contributed by atoms with Crippen LogP contribution in [0.25, 0.3) is 0 Å². The first-order chi connectivity index (χ1) is 8.17. The summed E-state index contributed by atoms with van der Waals surface area (Å²) in [5.41, 5.74) is 5.67. The lowest BCUT2D eigenvalue weighted by Gasteiger charge is -2.29. The molecule has 96 valence electrons. The van der Waals surface area contributed by atoms with Crippen molar-refractivity contribution in [2.75, 3.05) is 0 Å². The van der Waals surface area contributed by atoms with Gasteiger partial charge in [-0.15, -0.1) is 12.3 Å². The van der Waals surface area contributed by atoms with Gasteiger partial charge in [0.05, 0.1) is 6.04 Å². The molecule has 3 N–H and O–H groups in total. The Bertz CT molecular complexity index is 274. The Morgan fingerprint density at radius 2 is 2.12 bits per heavy atom. The molecular weight excluding hydrogens is 212 g/mol. The Balaban J connectivity index is 2.26. The van der Waals surface area contributed by atoms with Gasteiger partial charge in [0.15, 0.2) is 0 Å². The van der Waals surface area contributed by atoms with Crippen molar-refractivity contribution in [2.45, 2.75) is 64.0 Å². The van der Waals surface area contributed by atoms with Gasteiger partial charge in [0, 0.05) is 12.5 Å². The molecule has 3 nitrogen and oxygen atoms in total. The first-order valence-electron chi connectivity index (χ1n) is 6.66. The van der Waals surface area contributed by atoms with Crippen LogP contribution in [0.1, 0.15) is 51.9 Å². The smallest absolute Gasteiger partial charge is 0.238 e. The molecule has 3 heteroatoms. The molecule has 17 heavy (non-hydrogen) atoms. The first-order valence-corrected chi connectivity index (χ1v) is 6.66. The molecule has 0 saturated heterocycles. The van der Waals surface area contributed by atoms with Crippen molar-refractivity contribution < 1.29 is 4.79 Å². The van der Waals surface area contributed by atoms with E-state index in [2.05, 4.69) is 18.2 Å². The van der Waals surface area contributed by atoms with E-state index in [9.17, 15) is 4.79 Å². The minimum atomic E-state index is -0.548. The summed E-state index contributed by atoms with van der Waals surface area (Å²) in [5, 5.41) is 3.01. The second-order valence-corrected chi connectivity index (χ2v) is 5.03. The largest absolute Gasteiger partial charge is 0.352 e. The van der Waals surface area contributed by atoms with Crippen molar-refractivity contribution >= 4 is 5.91 Å². The third-order valence-corrected chi connectivity index (χ3v) is 3.56. The van der Waals surface area contributed by atoms with Gasteiger partial charge in [0.1, 0.15) is 0 Å². The molecule has 1 amide bonds. The second-order valence-electron chi connectivity index (χ2n) is 5.03. The van der Waals surface area contributed by atoms with Gasteiger partial charge in [-0.05, 0) is 31.6 Å². The number of amides is 1. The number of carbonyl (C=O) groups is 1. The SMILES string of the molecule is C#CCC(N)C(=O)NC1CCC(CCC)CC1. The zero-order valence-corrected chi connectivity index (χ0v) is 10.7. The minimum Gasteiger partial charge on any atom is -0.352 e. The summed E-state index contributed by atoms with van der Waals surface area (Å²) < 4.78 is 0. The lowest BCUT2D eigenvalue weighted by Crippen LogP contribution is -2.46. The highest BCUT2D eigenvalue weighted by Gasteiger charge is 2.23. The van der Waals surface area contributed by atoms with E-state index in [1.165, 1.54) is 25.7 Å². The fourth-order valence-electron chi connectivity index (χ4n) is 2.53. The molecule has 0 bridgehead atoms. The Hall–Kier alpha value is -1.01. The van der Waals surface area contributed by atoms with Crippen molar-refractivity contribution in [2.24, 2.45) is 11.7 Å². The van der Waals surface area contributed by atoms with Gasteiger partial charge in [-0.1, -0.05) is 19.8 Å². The predicted octanol–water partition coefficient (Wildman–Crippen LogP) is 1.81. The van der Waals surface area contributed by atoms with Gasteiger partial charge in [0.25, 0.3) is 0 Å². The third kappa shape index (κ3) is 4.79. The van der Waals surface area contributed by atoms with Crippen LogP contribution in [0.15, 0.2) is 0 Å². The van der Waals surface area contributed by atoms with Crippen LogP contribution in [0.4, 0.5) is 0 Å². The van der Waals surface area contributed by atoms with E-state index in [-0.39, 0.29) is 5.91 Å². The van der Waals surface area contributed by atoms with Crippen LogP contribution in [0.2, 0.25) is 0 Å². The van der Waals surface area contributed by atoms with Crippen LogP contribution in [-0.4, -0.2) is 18.0 Å². The summed E-state index contributed by atoms with van der Waals surface area (Å²) in [5.74, 6) is 3.18. The van der Waals surface area contributed by atoms with Crippen molar-refractivity contribution in [3.63, 3.8) is 0 Å². The molecule has 0 aromatic carbocycles. The average Bonchev–Trinajstić information content (AvgIpc) is 2.32. The van der Waals surface area contributed by atoms with E-state index in [1.807, 2.05) is 0 Å². The van der Waals surface area contributed by atoms with Crippen LogP contribution in [0.5, 0.6) is 0 Å². The topological polar surface area (TPSA) is 55.1 Å². The summed E-state index contributed by atoms with van der Waals surface area (Å²) in [6.07, 6.45) is 12.6. The zero-order valence-electron chi connectivity index (χ0n) is 10.7. The first kappa shape index (κ1) is 14.1. The molecule has 1 atom stereocenters. The van der Waals surface area contributed by atoms with E-state index in [0.29, 0.717) is 12.5 Å². The Labute approximate surface area is 105 Å². The minimum absolute atomic E-state index is 0.0955. The molecule has 1 fully saturated rings. The molecule has 1 aliphatic rings. The fourth-order valence-corrected chi connectivity index (χ4v) is 2.53. The van der Waals surface area contributed by atoms with Crippen molar-refractivity contribution in [3.8, 4) is 12.3 Å². The lowest BCUT2D eigenvalue weighted by atomic mass is 9.83. The van der Waals surface area contributed by atoms with Crippen LogP contribution in [0.3, 0.4) is 0 Å². The summed E-state index contributed by atoms with van der Waals surface area (Å²) in [6.45, 7) is 2.23. The lowest BCUT2D eigenvalue weighted by molar-refractivity contribution is -0.123. The van der Waals surface area contributed by atoms with E-state index in [1.54, 1.807) is 0 Å². The Morgan fingerprint density at radius 1 is 1.47 bits per heavy atom.